The molecule has 0 aromatic heterocycles. The zero-order chi connectivity index (χ0) is 18.9. The van der Waals surface area contributed by atoms with Crippen LogP contribution in [0.5, 0.6) is 11.5 Å². The van der Waals surface area contributed by atoms with Crippen LogP contribution in [0.1, 0.15) is 24.2 Å². The van der Waals surface area contributed by atoms with E-state index in [0.29, 0.717) is 12.2 Å². The summed E-state index contributed by atoms with van der Waals surface area (Å²) < 4.78 is 10.9. The van der Waals surface area contributed by atoms with E-state index in [0.717, 1.165) is 36.8 Å². The van der Waals surface area contributed by atoms with Gasteiger partial charge in [0, 0.05) is 24.8 Å². The lowest BCUT2D eigenvalue weighted by Crippen LogP contribution is -2.28. The molecule has 0 aliphatic carbocycles. The first kappa shape index (κ1) is 19.8. The predicted molar refractivity (Wildman–Crippen MR) is 105 cm³/mol. The molecule has 0 atom stereocenters. The highest BCUT2D eigenvalue weighted by Gasteiger charge is 2.13. The van der Waals surface area contributed by atoms with E-state index in [1.165, 1.54) is 0 Å². The van der Waals surface area contributed by atoms with E-state index in [-0.39, 0.29) is 5.91 Å². The molecule has 0 fully saturated rings. The lowest BCUT2D eigenvalue weighted by molar-refractivity contribution is 0.0993. The molecule has 0 saturated carbocycles. The number of rotatable bonds is 9. The van der Waals surface area contributed by atoms with Gasteiger partial charge in [-0.1, -0.05) is 13.8 Å². The fourth-order valence-corrected chi connectivity index (χ4v) is 2.64. The van der Waals surface area contributed by atoms with E-state index in [2.05, 4.69) is 18.7 Å². The number of hydrogen-bond donors (Lipinski definition) is 0. The summed E-state index contributed by atoms with van der Waals surface area (Å²) in [5.41, 5.74) is 1.44. The Hall–Kier alpha value is -2.53. The van der Waals surface area contributed by atoms with Crippen LogP contribution in [0.2, 0.25) is 0 Å². The highest BCUT2D eigenvalue weighted by Crippen LogP contribution is 2.21. The SMILES string of the molecule is CCN(CC)CCOc1ccc(N(C)C(=O)c2ccc(OC)cc2)cc1. The standard InChI is InChI=1S/C21H28N2O3/c1-5-23(6-2)15-16-26-20-13-9-18(10-14-20)22(3)21(24)17-7-11-19(25-4)12-8-17/h7-14H,5-6,15-16H2,1-4H3. The van der Waals surface area contributed by atoms with Crippen molar-refractivity contribution >= 4 is 11.6 Å². The molecule has 0 heterocycles. The number of methoxy groups -OCH3 is 1. The second-order valence-corrected chi connectivity index (χ2v) is 5.96. The van der Waals surface area contributed by atoms with E-state index < -0.39 is 0 Å². The van der Waals surface area contributed by atoms with Crippen molar-refractivity contribution in [3.8, 4) is 11.5 Å². The van der Waals surface area contributed by atoms with Crippen LogP contribution in [-0.2, 0) is 0 Å². The number of ether oxygens (including phenoxy) is 2. The minimum absolute atomic E-state index is 0.0668. The van der Waals surface area contributed by atoms with Crippen LogP contribution in [0.3, 0.4) is 0 Å². The molecule has 0 bridgehead atoms. The molecular formula is C21H28N2O3. The van der Waals surface area contributed by atoms with Gasteiger partial charge in [0.2, 0.25) is 0 Å². The fraction of sp³-hybridized carbons (Fsp3) is 0.381. The van der Waals surface area contributed by atoms with Crippen molar-refractivity contribution in [1.29, 1.82) is 0 Å². The monoisotopic (exact) mass is 356 g/mol. The van der Waals surface area contributed by atoms with Crippen molar-refractivity contribution in [2.45, 2.75) is 13.8 Å². The third kappa shape index (κ3) is 5.23. The summed E-state index contributed by atoms with van der Waals surface area (Å²) in [6.45, 7) is 7.91. The van der Waals surface area contributed by atoms with Crippen LogP contribution in [0, 0.1) is 0 Å². The number of hydrogen-bond acceptors (Lipinski definition) is 4. The van der Waals surface area contributed by atoms with Gasteiger partial charge in [-0.2, -0.15) is 0 Å². The average Bonchev–Trinajstić information content (AvgIpc) is 2.70. The molecule has 0 aliphatic heterocycles. The van der Waals surface area contributed by atoms with Gasteiger partial charge in [0.15, 0.2) is 0 Å². The quantitative estimate of drug-likeness (QED) is 0.687. The van der Waals surface area contributed by atoms with E-state index in [9.17, 15) is 4.79 Å². The molecule has 0 N–H and O–H groups in total. The molecule has 5 nitrogen and oxygen atoms in total. The second-order valence-electron chi connectivity index (χ2n) is 5.96. The Morgan fingerprint density at radius 3 is 2.04 bits per heavy atom. The summed E-state index contributed by atoms with van der Waals surface area (Å²) in [5, 5.41) is 0. The van der Waals surface area contributed by atoms with Crippen molar-refractivity contribution in [1.82, 2.24) is 4.90 Å². The summed E-state index contributed by atoms with van der Waals surface area (Å²) >= 11 is 0. The first-order chi connectivity index (χ1) is 12.6. The van der Waals surface area contributed by atoms with Crippen LogP contribution >= 0.6 is 0 Å². The molecule has 5 heteroatoms. The van der Waals surface area contributed by atoms with Crippen molar-refractivity contribution in [3.05, 3.63) is 54.1 Å². The van der Waals surface area contributed by atoms with E-state index in [1.54, 1.807) is 43.3 Å². The number of benzene rings is 2. The topological polar surface area (TPSA) is 42.0 Å². The average molecular weight is 356 g/mol. The largest absolute Gasteiger partial charge is 0.497 e. The summed E-state index contributed by atoms with van der Waals surface area (Å²) in [7, 11) is 3.37. The highest BCUT2D eigenvalue weighted by molar-refractivity contribution is 6.05. The molecule has 0 saturated heterocycles. The van der Waals surface area contributed by atoms with Crippen LogP contribution in [0.4, 0.5) is 5.69 Å². The zero-order valence-corrected chi connectivity index (χ0v) is 16.1. The number of carbonyl (C=O) groups excluding carboxylic acids is 1. The van der Waals surface area contributed by atoms with Gasteiger partial charge in [-0.05, 0) is 61.6 Å². The molecule has 2 aromatic rings. The third-order valence-corrected chi connectivity index (χ3v) is 4.44. The normalized spacial score (nSPS) is 10.7. The number of amides is 1. The van der Waals surface area contributed by atoms with Crippen molar-refractivity contribution in [2.75, 3.05) is 45.3 Å². The van der Waals surface area contributed by atoms with Crippen LogP contribution < -0.4 is 14.4 Å². The Kier molecular flexibility index (Phi) is 7.48. The van der Waals surface area contributed by atoms with Gasteiger partial charge >= 0.3 is 0 Å². The Morgan fingerprint density at radius 2 is 1.50 bits per heavy atom. The van der Waals surface area contributed by atoms with Gasteiger partial charge in [0.05, 0.1) is 7.11 Å². The van der Waals surface area contributed by atoms with Gasteiger partial charge in [-0.25, -0.2) is 0 Å². The summed E-state index contributed by atoms with van der Waals surface area (Å²) in [6, 6.07) is 14.7. The number of likely N-dealkylation sites (N-methyl/N-ethyl adjacent to an activating group) is 1. The predicted octanol–water partition coefficient (Wildman–Crippen LogP) is 3.69. The van der Waals surface area contributed by atoms with Crippen molar-refractivity contribution in [2.24, 2.45) is 0 Å². The summed E-state index contributed by atoms with van der Waals surface area (Å²) in [5.74, 6) is 1.48. The number of carbonyl (C=O) groups is 1. The van der Waals surface area contributed by atoms with Gasteiger partial charge in [0.25, 0.3) is 5.91 Å². The molecule has 26 heavy (non-hydrogen) atoms. The molecule has 2 rings (SSSR count). The van der Waals surface area contributed by atoms with Crippen molar-refractivity contribution < 1.29 is 14.3 Å². The van der Waals surface area contributed by atoms with Crippen molar-refractivity contribution in [3.63, 3.8) is 0 Å². The maximum absolute atomic E-state index is 12.6. The number of anilines is 1. The number of nitrogens with zero attached hydrogens (tertiary/aromatic N) is 2. The lowest BCUT2D eigenvalue weighted by atomic mass is 10.2. The molecule has 0 unspecified atom stereocenters. The molecule has 2 aromatic carbocycles. The van der Waals surface area contributed by atoms with Gasteiger partial charge in [0.1, 0.15) is 18.1 Å². The van der Waals surface area contributed by atoms with Crippen LogP contribution in [0.25, 0.3) is 0 Å². The Labute approximate surface area is 156 Å². The van der Waals surface area contributed by atoms with E-state index >= 15 is 0 Å². The molecular weight excluding hydrogens is 328 g/mol. The zero-order valence-electron chi connectivity index (χ0n) is 16.1. The lowest BCUT2D eigenvalue weighted by Gasteiger charge is -2.19. The molecule has 1 amide bonds. The van der Waals surface area contributed by atoms with Gasteiger partial charge in [-0.15, -0.1) is 0 Å². The van der Waals surface area contributed by atoms with E-state index in [1.807, 2.05) is 24.3 Å². The van der Waals surface area contributed by atoms with Gasteiger partial charge < -0.3 is 19.3 Å². The fourth-order valence-electron chi connectivity index (χ4n) is 2.64. The van der Waals surface area contributed by atoms with E-state index in [4.69, 9.17) is 9.47 Å². The van der Waals surface area contributed by atoms with Crippen LogP contribution in [-0.4, -0.2) is 51.2 Å². The maximum atomic E-state index is 12.6. The molecule has 140 valence electrons. The Morgan fingerprint density at radius 1 is 0.923 bits per heavy atom. The smallest absolute Gasteiger partial charge is 0.258 e. The Balaban J connectivity index is 1.94. The molecule has 0 aliphatic rings. The van der Waals surface area contributed by atoms with Crippen LogP contribution in [0.15, 0.2) is 48.5 Å². The Bertz CT molecular complexity index is 679. The first-order valence-electron chi connectivity index (χ1n) is 8.96. The molecule has 0 radical (unpaired) electrons. The summed E-state index contributed by atoms with van der Waals surface area (Å²) in [6.07, 6.45) is 0. The first-order valence-corrected chi connectivity index (χ1v) is 8.96. The summed E-state index contributed by atoms with van der Waals surface area (Å²) in [4.78, 5) is 16.5. The second kappa shape index (κ2) is 9.82. The minimum atomic E-state index is -0.0668. The molecule has 0 spiro atoms. The minimum Gasteiger partial charge on any atom is -0.497 e. The third-order valence-electron chi connectivity index (χ3n) is 4.44. The highest BCUT2D eigenvalue weighted by atomic mass is 16.5. The van der Waals surface area contributed by atoms with Gasteiger partial charge in [-0.3, -0.25) is 4.79 Å². The maximum Gasteiger partial charge on any atom is 0.258 e.